The Kier molecular flexibility index (Phi) is 13.0. The van der Waals surface area contributed by atoms with Crippen LogP contribution in [0.3, 0.4) is 0 Å². The fourth-order valence-corrected chi connectivity index (χ4v) is 11.0. The van der Waals surface area contributed by atoms with Gasteiger partial charge >= 0.3 is 0 Å². The topological polar surface area (TPSA) is 180 Å². The molecule has 8 rings (SSSR count). The number of aryl methyl sites for hydroxylation is 2. The summed E-state index contributed by atoms with van der Waals surface area (Å²) in [7, 11) is -12.3. The Bertz CT molecular complexity index is 3380. The zero-order valence-corrected chi connectivity index (χ0v) is 37.7. The van der Waals surface area contributed by atoms with Crippen molar-refractivity contribution >= 4 is 52.6 Å². The molecule has 0 unspecified atom stereocenters. The lowest BCUT2D eigenvalue weighted by molar-refractivity contribution is -0.432. The lowest BCUT2D eigenvalue weighted by Gasteiger charge is -2.14. The van der Waals surface area contributed by atoms with E-state index in [1.807, 2.05) is 32.0 Å². The molecule has 16 heteroatoms. The summed E-state index contributed by atoms with van der Waals surface area (Å²) >= 11 is 0.666. The molecule has 0 heterocycles. The average Bonchev–Trinajstić information content (AvgIpc) is 3.29. The number of ether oxygens (including phenoxy) is 2. The van der Waals surface area contributed by atoms with Crippen LogP contribution in [0.4, 0.5) is 0 Å². The second kappa shape index (κ2) is 18.6. The molecular formula is C49H38O12S4. The first-order valence-electron chi connectivity index (χ1n) is 19.7. The van der Waals surface area contributed by atoms with Gasteiger partial charge < -0.3 is 9.47 Å². The van der Waals surface area contributed by atoms with Gasteiger partial charge in [0.2, 0.25) is 19.7 Å². The molecule has 2 N–H and O–H groups in total. The van der Waals surface area contributed by atoms with Gasteiger partial charge in [0, 0.05) is 21.2 Å². The minimum absolute atomic E-state index is 0.0434. The Labute approximate surface area is 380 Å². The Balaban J connectivity index is 0.954. The number of hydrogen-bond donors (Lipinski definition) is 2. The summed E-state index contributed by atoms with van der Waals surface area (Å²) in [6, 6.07) is 45.8. The molecule has 330 valence electrons. The highest BCUT2D eigenvalue weighted by Crippen LogP contribution is 2.39. The van der Waals surface area contributed by atoms with Crippen molar-refractivity contribution in [3.05, 3.63) is 192 Å². The van der Waals surface area contributed by atoms with Crippen LogP contribution >= 0.6 is 12.0 Å². The van der Waals surface area contributed by atoms with Gasteiger partial charge in [0.25, 0.3) is 10.1 Å². The van der Waals surface area contributed by atoms with Crippen LogP contribution in [-0.4, -0.2) is 35.1 Å². The van der Waals surface area contributed by atoms with Gasteiger partial charge in [-0.3, -0.25) is 4.55 Å². The molecule has 8 aromatic carbocycles. The zero-order valence-electron chi connectivity index (χ0n) is 34.5. The predicted molar refractivity (Wildman–Crippen MR) is 245 cm³/mol. The van der Waals surface area contributed by atoms with Crippen LogP contribution < -0.4 is 9.47 Å². The molecule has 8 aromatic rings. The minimum Gasteiger partial charge on any atom is -0.457 e. The molecule has 65 heavy (non-hydrogen) atoms. The molecule has 0 saturated carbocycles. The summed E-state index contributed by atoms with van der Waals surface area (Å²) in [6.45, 7) is 3.71. The molecule has 0 aliphatic rings. The molecule has 0 atom stereocenters. The van der Waals surface area contributed by atoms with E-state index in [2.05, 4.69) is 9.37 Å². The van der Waals surface area contributed by atoms with Crippen molar-refractivity contribution in [2.45, 2.75) is 49.6 Å². The molecule has 12 nitrogen and oxygen atoms in total. The van der Waals surface area contributed by atoms with Crippen LogP contribution in [0.2, 0.25) is 0 Å². The molecule has 0 saturated heterocycles. The van der Waals surface area contributed by atoms with Crippen molar-refractivity contribution in [3.8, 4) is 34.1 Å². The lowest BCUT2D eigenvalue weighted by atomic mass is 9.99. The second-order valence-corrected chi connectivity index (χ2v) is 21.0. The monoisotopic (exact) mass is 946 g/mol. The van der Waals surface area contributed by atoms with E-state index < -0.39 is 29.8 Å². The highest BCUT2D eigenvalue weighted by atomic mass is 32.2. The van der Waals surface area contributed by atoms with Crippen LogP contribution in [0, 0.1) is 13.8 Å². The Hall–Kier alpha value is -6.34. The summed E-state index contributed by atoms with van der Waals surface area (Å²) in [5.41, 5.74) is 3.63. The van der Waals surface area contributed by atoms with Gasteiger partial charge in [0.15, 0.2) is 0 Å². The minimum atomic E-state index is -4.69. The standard InChI is InChI=1S/C49H38O12S4/c1-32-9-19-38(20-10-32)63(51,52)40-23-15-36(16-24-40)58-46-7-3-6-43-42(46)5-4-8-47(43)59-37-17-25-41(26-18-37)64(53,54)39-21-12-34(13-22-39)30-35-14-28-45(49(31-35)65(55,56)57)44-27-11-33(2)29-48(44)62-61-60-50/h3-29,31,50H,30H2,1-2H3,(H,55,56,57). The number of sulfone groups is 2. The fraction of sp³-hybridized carbons (Fsp3) is 0.0612. The summed E-state index contributed by atoms with van der Waals surface area (Å²) in [5, 5.41) is 13.8. The van der Waals surface area contributed by atoms with Crippen molar-refractivity contribution in [2.75, 3.05) is 0 Å². The number of fused-ring (bicyclic) bond motifs is 1. The first-order chi connectivity index (χ1) is 31.1. The van der Waals surface area contributed by atoms with E-state index in [0.29, 0.717) is 56.6 Å². The quantitative estimate of drug-likeness (QED) is 0.0429. The first-order valence-corrected chi connectivity index (χ1v) is 24.8. The normalized spacial score (nSPS) is 12.0. The van der Waals surface area contributed by atoms with E-state index in [0.717, 1.165) is 21.9 Å². The molecule has 0 bridgehead atoms. The van der Waals surface area contributed by atoms with E-state index in [1.165, 1.54) is 42.5 Å². The fourth-order valence-electron chi connectivity index (χ4n) is 7.16. The molecule has 0 aliphatic carbocycles. The highest BCUT2D eigenvalue weighted by molar-refractivity contribution is 7.94. The number of hydrogen-bond acceptors (Lipinski definition) is 12. The third-order valence-electron chi connectivity index (χ3n) is 10.4. The van der Waals surface area contributed by atoms with Crippen molar-refractivity contribution < 1.29 is 53.9 Å². The highest BCUT2D eigenvalue weighted by Gasteiger charge is 2.22. The molecule has 0 radical (unpaired) electrons. The first kappa shape index (κ1) is 45.2. The van der Waals surface area contributed by atoms with E-state index in [4.69, 9.17) is 14.7 Å². The third-order valence-corrected chi connectivity index (χ3v) is 15.6. The van der Waals surface area contributed by atoms with E-state index in [-0.39, 0.29) is 36.5 Å². The van der Waals surface area contributed by atoms with Gasteiger partial charge in [-0.2, -0.15) is 8.42 Å². The Morgan fingerprint density at radius 3 is 1.43 bits per heavy atom. The van der Waals surface area contributed by atoms with Crippen LogP contribution in [0.1, 0.15) is 22.3 Å². The van der Waals surface area contributed by atoms with Crippen molar-refractivity contribution in [1.29, 1.82) is 0 Å². The van der Waals surface area contributed by atoms with Crippen molar-refractivity contribution in [1.82, 2.24) is 0 Å². The van der Waals surface area contributed by atoms with Gasteiger partial charge in [0.1, 0.15) is 27.9 Å². The molecular weight excluding hydrogens is 909 g/mol. The maximum Gasteiger partial charge on any atom is 0.295 e. The number of benzene rings is 8. The average molecular weight is 947 g/mol. The van der Waals surface area contributed by atoms with Gasteiger partial charge in [-0.25, -0.2) is 22.1 Å². The van der Waals surface area contributed by atoms with E-state index >= 15 is 0 Å². The van der Waals surface area contributed by atoms with Crippen LogP contribution in [0.15, 0.2) is 199 Å². The molecule has 0 aromatic heterocycles. The summed E-state index contributed by atoms with van der Waals surface area (Å²) in [4.78, 5) is 0.532. The summed E-state index contributed by atoms with van der Waals surface area (Å²) in [5.74, 6) is 1.85. The lowest BCUT2D eigenvalue weighted by Crippen LogP contribution is -2.04. The largest absolute Gasteiger partial charge is 0.457 e. The Morgan fingerprint density at radius 1 is 0.492 bits per heavy atom. The summed E-state index contributed by atoms with van der Waals surface area (Å²) in [6.07, 6.45) is 0.225. The van der Waals surface area contributed by atoms with E-state index in [1.54, 1.807) is 109 Å². The summed E-state index contributed by atoms with van der Waals surface area (Å²) < 4.78 is 106. The van der Waals surface area contributed by atoms with Crippen molar-refractivity contribution in [3.63, 3.8) is 0 Å². The zero-order chi connectivity index (χ0) is 45.9. The second-order valence-electron chi connectivity index (χ2n) is 14.9. The van der Waals surface area contributed by atoms with E-state index in [9.17, 15) is 29.8 Å². The van der Waals surface area contributed by atoms with Crippen molar-refractivity contribution in [2.24, 2.45) is 0 Å². The molecule has 0 amide bonds. The maximum absolute atomic E-state index is 13.7. The van der Waals surface area contributed by atoms with Gasteiger partial charge in [0.05, 0.1) is 31.6 Å². The number of rotatable bonds is 15. The third kappa shape index (κ3) is 10.00. The molecule has 0 aliphatic heterocycles. The molecule has 0 spiro atoms. The maximum atomic E-state index is 13.7. The van der Waals surface area contributed by atoms with Crippen LogP contribution in [0.5, 0.6) is 23.0 Å². The smallest absolute Gasteiger partial charge is 0.295 e. The van der Waals surface area contributed by atoms with Crippen LogP contribution in [0.25, 0.3) is 21.9 Å². The van der Waals surface area contributed by atoms with Gasteiger partial charge in [-0.15, -0.1) is 4.33 Å². The Morgan fingerprint density at radius 2 is 0.938 bits per heavy atom. The van der Waals surface area contributed by atoms with Gasteiger partial charge in [-0.1, -0.05) is 83.4 Å². The van der Waals surface area contributed by atoms with Crippen LogP contribution in [-0.2, 0) is 45.6 Å². The molecule has 0 fully saturated rings. The predicted octanol–water partition coefficient (Wildman–Crippen LogP) is 11.6. The van der Waals surface area contributed by atoms with Gasteiger partial charge in [-0.05, 0) is 140 Å². The SMILES string of the molecule is Cc1ccc(S(=O)(=O)c2ccc(Oc3cccc4c(Oc5ccc(S(=O)(=O)c6ccc(Cc7ccc(-c8ccc(C)cc8SOOO)c(S(=O)(=O)O)c7)cc6)cc5)cccc34)cc2)cc1.